The summed E-state index contributed by atoms with van der Waals surface area (Å²) in [7, 11) is 0. The molecule has 3 nitrogen and oxygen atoms in total. The zero-order chi connectivity index (χ0) is 8.65. The van der Waals surface area contributed by atoms with Crippen LogP contribution in [0.1, 0.15) is 5.69 Å². The molecule has 0 aromatic carbocycles. The Kier molecular flexibility index (Phi) is 3.57. The number of hydrogen-bond acceptors (Lipinski definition) is 2. The van der Waals surface area contributed by atoms with Crippen LogP contribution < -0.4 is 0 Å². The van der Waals surface area contributed by atoms with Crippen molar-refractivity contribution in [2.45, 2.75) is 6.92 Å². The molecule has 0 unspecified atom stereocenters. The van der Waals surface area contributed by atoms with E-state index in [2.05, 4.69) is 15.0 Å². The number of hydrogen-bond donors (Lipinski definition) is 1. The van der Waals surface area contributed by atoms with Gasteiger partial charge in [0, 0.05) is 24.3 Å². The molecule has 0 atom stereocenters. The lowest BCUT2D eigenvalue weighted by Crippen LogP contribution is -1.66. The summed E-state index contributed by atoms with van der Waals surface area (Å²) in [6.07, 6.45) is 6.79. The second-order valence-corrected chi connectivity index (χ2v) is 2.26. The minimum absolute atomic E-state index is 1.22. The van der Waals surface area contributed by atoms with Gasteiger partial charge in [-0.2, -0.15) is 0 Å². The molecule has 0 aliphatic carbocycles. The van der Waals surface area contributed by atoms with Crippen LogP contribution >= 0.6 is 0 Å². The molecule has 2 aromatic heterocycles. The van der Waals surface area contributed by atoms with Gasteiger partial charge in [-0.1, -0.05) is 0 Å². The molecule has 2 rings (SSSR count). The van der Waals surface area contributed by atoms with Crippen molar-refractivity contribution >= 4 is 0 Å². The van der Waals surface area contributed by atoms with Gasteiger partial charge >= 0.3 is 0 Å². The summed E-state index contributed by atoms with van der Waals surface area (Å²) in [4.78, 5) is 10.3. The smallest absolute Gasteiger partial charge is 0.115 e. The van der Waals surface area contributed by atoms with Crippen molar-refractivity contribution in [2.75, 3.05) is 0 Å². The summed E-state index contributed by atoms with van der Waals surface area (Å²) in [5, 5.41) is 0. The average Bonchev–Trinajstić information content (AvgIpc) is 2.60. The normalized spacial score (nSPS) is 8.42. The van der Waals surface area contributed by atoms with Crippen molar-refractivity contribution in [3.8, 4) is 0 Å². The van der Waals surface area contributed by atoms with Crippen molar-refractivity contribution in [1.29, 1.82) is 0 Å². The number of aromatic amines is 1. The van der Waals surface area contributed by atoms with Gasteiger partial charge in [0.15, 0.2) is 0 Å². The van der Waals surface area contributed by atoms with Crippen LogP contribution in [0.4, 0.5) is 0 Å². The maximum Gasteiger partial charge on any atom is 0.115 e. The first-order valence-corrected chi connectivity index (χ1v) is 3.69. The zero-order valence-corrected chi connectivity index (χ0v) is 6.94. The lowest BCUT2D eigenvalue weighted by Gasteiger charge is -1.70. The summed E-state index contributed by atoms with van der Waals surface area (Å²) in [5.74, 6) is 0. The molecule has 1 N–H and O–H groups in total. The lowest BCUT2D eigenvalue weighted by molar-refractivity contribution is 1.17. The quantitative estimate of drug-likeness (QED) is 0.640. The first-order chi connectivity index (χ1) is 5.89. The molecule has 0 saturated carbocycles. The predicted octanol–water partition coefficient (Wildman–Crippen LogP) is 1.80. The SMILES string of the molecule is Cc1ccc[nH]1.c1cncnc1. The van der Waals surface area contributed by atoms with Crippen LogP contribution in [0.3, 0.4) is 0 Å². The van der Waals surface area contributed by atoms with Gasteiger partial charge in [-0.15, -0.1) is 0 Å². The third-order valence-corrected chi connectivity index (χ3v) is 1.23. The monoisotopic (exact) mass is 161 g/mol. The Hall–Kier alpha value is -1.64. The van der Waals surface area contributed by atoms with Gasteiger partial charge in [0.1, 0.15) is 6.33 Å². The van der Waals surface area contributed by atoms with E-state index < -0.39 is 0 Å². The molecule has 12 heavy (non-hydrogen) atoms. The average molecular weight is 161 g/mol. The third-order valence-electron chi connectivity index (χ3n) is 1.23. The molecule has 0 fully saturated rings. The van der Waals surface area contributed by atoms with Gasteiger partial charge in [-0.05, 0) is 25.1 Å². The molecular formula is C9H11N3. The molecular weight excluding hydrogens is 150 g/mol. The topological polar surface area (TPSA) is 41.6 Å². The highest BCUT2D eigenvalue weighted by atomic mass is 14.8. The van der Waals surface area contributed by atoms with Crippen molar-refractivity contribution in [1.82, 2.24) is 15.0 Å². The summed E-state index contributed by atoms with van der Waals surface area (Å²) in [6.45, 7) is 2.03. The summed E-state index contributed by atoms with van der Waals surface area (Å²) in [5.41, 5.74) is 1.22. The molecule has 0 aliphatic heterocycles. The fraction of sp³-hybridized carbons (Fsp3) is 0.111. The van der Waals surface area contributed by atoms with Crippen LogP contribution in [0.15, 0.2) is 43.1 Å². The van der Waals surface area contributed by atoms with E-state index in [1.165, 1.54) is 12.0 Å². The number of rotatable bonds is 0. The van der Waals surface area contributed by atoms with Gasteiger partial charge in [-0.25, -0.2) is 9.97 Å². The predicted molar refractivity (Wildman–Crippen MR) is 47.6 cm³/mol. The minimum Gasteiger partial charge on any atom is -0.365 e. The van der Waals surface area contributed by atoms with Crippen LogP contribution in [-0.4, -0.2) is 15.0 Å². The summed E-state index contributed by atoms with van der Waals surface area (Å²) >= 11 is 0. The summed E-state index contributed by atoms with van der Waals surface area (Å²) < 4.78 is 0. The van der Waals surface area contributed by atoms with Gasteiger partial charge in [0.05, 0.1) is 0 Å². The van der Waals surface area contributed by atoms with E-state index in [1.807, 2.05) is 25.3 Å². The Balaban J connectivity index is 0.000000120. The van der Waals surface area contributed by atoms with Gasteiger partial charge in [0.25, 0.3) is 0 Å². The van der Waals surface area contributed by atoms with Gasteiger partial charge in [-0.3, -0.25) is 0 Å². The van der Waals surface area contributed by atoms with Crippen LogP contribution in [0.25, 0.3) is 0 Å². The highest BCUT2D eigenvalue weighted by Crippen LogP contribution is 1.86. The third kappa shape index (κ3) is 3.51. The molecule has 0 spiro atoms. The van der Waals surface area contributed by atoms with Crippen molar-refractivity contribution in [3.05, 3.63) is 48.8 Å². The maximum atomic E-state index is 3.67. The van der Waals surface area contributed by atoms with Gasteiger partial charge < -0.3 is 4.98 Å². The minimum atomic E-state index is 1.22. The summed E-state index contributed by atoms with van der Waals surface area (Å²) in [6, 6.07) is 5.79. The maximum absolute atomic E-state index is 3.67. The van der Waals surface area contributed by atoms with Crippen molar-refractivity contribution < 1.29 is 0 Å². The van der Waals surface area contributed by atoms with E-state index >= 15 is 0 Å². The van der Waals surface area contributed by atoms with E-state index in [0.29, 0.717) is 0 Å². The van der Waals surface area contributed by atoms with Gasteiger partial charge in [0.2, 0.25) is 0 Å². The number of aromatic nitrogens is 3. The first kappa shape index (κ1) is 8.46. The number of nitrogens with zero attached hydrogens (tertiary/aromatic N) is 2. The lowest BCUT2D eigenvalue weighted by atomic mass is 10.5. The number of H-pyrrole nitrogens is 1. The Bertz CT molecular complexity index is 249. The second-order valence-electron chi connectivity index (χ2n) is 2.26. The molecule has 0 saturated heterocycles. The van der Waals surface area contributed by atoms with Crippen LogP contribution in [-0.2, 0) is 0 Å². The van der Waals surface area contributed by atoms with E-state index in [-0.39, 0.29) is 0 Å². The van der Waals surface area contributed by atoms with E-state index in [4.69, 9.17) is 0 Å². The van der Waals surface area contributed by atoms with E-state index in [1.54, 1.807) is 18.5 Å². The van der Waals surface area contributed by atoms with Crippen LogP contribution in [0.2, 0.25) is 0 Å². The molecule has 62 valence electrons. The second kappa shape index (κ2) is 5.07. The number of aryl methyl sites for hydroxylation is 1. The molecule has 3 heteroatoms. The Morgan fingerprint density at radius 2 is 1.92 bits per heavy atom. The fourth-order valence-electron chi connectivity index (χ4n) is 0.673. The molecule has 0 radical (unpaired) electrons. The van der Waals surface area contributed by atoms with Crippen molar-refractivity contribution in [3.63, 3.8) is 0 Å². The molecule has 2 heterocycles. The largest absolute Gasteiger partial charge is 0.365 e. The highest BCUT2D eigenvalue weighted by Gasteiger charge is 1.72. The Morgan fingerprint density at radius 1 is 1.17 bits per heavy atom. The standard InChI is InChI=1S/C5H7N.C4H4N2/c1-5-3-2-4-6-5;1-2-5-4-6-3-1/h2-4,6H,1H3;1-4H. The Morgan fingerprint density at radius 3 is 2.08 bits per heavy atom. The first-order valence-electron chi connectivity index (χ1n) is 3.69. The molecule has 2 aromatic rings. The van der Waals surface area contributed by atoms with Crippen molar-refractivity contribution in [2.24, 2.45) is 0 Å². The van der Waals surface area contributed by atoms with E-state index in [9.17, 15) is 0 Å². The molecule has 0 amide bonds. The molecule has 0 bridgehead atoms. The number of nitrogens with one attached hydrogen (secondary N) is 1. The van der Waals surface area contributed by atoms with Crippen LogP contribution in [0.5, 0.6) is 0 Å². The Labute approximate surface area is 71.5 Å². The van der Waals surface area contributed by atoms with Crippen LogP contribution in [0, 0.1) is 6.92 Å². The zero-order valence-electron chi connectivity index (χ0n) is 6.94. The fourth-order valence-corrected chi connectivity index (χ4v) is 0.673. The van der Waals surface area contributed by atoms with E-state index in [0.717, 1.165) is 0 Å². The highest BCUT2D eigenvalue weighted by molar-refractivity contribution is 4.99. The molecule has 0 aliphatic rings.